The lowest BCUT2D eigenvalue weighted by Crippen LogP contribution is -2.26. The van der Waals surface area contributed by atoms with E-state index < -0.39 is 5.25 Å². The Morgan fingerprint density at radius 2 is 1.79 bits per heavy atom. The van der Waals surface area contributed by atoms with Gasteiger partial charge in [0, 0.05) is 19.8 Å². The van der Waals surface area contributed by atoms with Gasteiger partial charge in [-0.15, -0.1) is 0 Å². The number of amides is 1. The van der Waals surface area contributed by atoms with Crippen LogP contribution in [0.25, 0.3) is 0 Å². The number of pyridine rings is 1. The first-order chi connectivity index (χ1) is 11.4. The maximum Gasteiger partial charge on any atom is 0.240 e. The molecule has 4 nitrogen and oxygen atoms in total. The van der Waals surface area contributed by atoms with Crippen LogP contribution in [0.1, 0.15) is 33.2 Å². The molecule has 2 rings (SSSR count). The SMILES string of the molecule is Cc1nc(SC(C(=O)N(C)C)c2ccccc2)c(C#N)c(C)c1C. The minimum Gasteiger partial charge on any atom is -0.348 e. The Balaban J connectivity index is 2.52. The van der Waals surface area contributed by atoms with E-state index in [1.165, 1.54) is 11.8 Å². The van der Waals surface area contributed by atoms with Gasteiger partial charge in [-0.3, -0.25) is 4.79 Å². The summed E-state index contributed by atoms with van der Waals surface area (Å²) >= 11 is 1.34. The largest absolute Gasteiger partial charge is 0.348 e. The van der Waals surface area contributed by atoms with E-state index in [0.717, 1.165) is 22.4 Å². The first-order valence-electron chi connectivity index (χ1n) is 7.67. The summed E-state index contributed by atoms with van der Waals surface area (Å²) in [5.41, 5.74) is 4.29. The average molecular weight is 339 g/mol. The molecule has 1 atom stereocenters. The zero-order chi connectivity index (χ0) is 17.9. The van der Waals surface area contributed by atoms with Gasteiger partial charge in [0.05, 0.1) is 5.56 Å². The molecule has 1 amide bonds. The third kappa shape index (κ3) is 3.60. The fourth-order valence-corrected chi connectivity index (χ4v) is 3.70. The molecule has 0 N–H and O–H groups in total. The van der Waals surface area contributed by atoms with Crippen LogP contribution in [0, 0.1) is 32.1 Å². The Morgan fingerprint density at radius 3 is 2.33 bits per heavy atom. The molecule has 1 aromatic heterocycles. The number of hydrogen-bond donors (Lipinski definition) is 0. The van der Waals surface area contributed by atoms with Crippen molar-refractivity contribution in [3.63, 3.8) is 0 Å². The second kappa shape index (κ2) is 7.50. The molecule has 0 aliphatic heterocycles. The van der Waals surface area contributed by atoms with E-state index in [-0.39, 0.29) is 5.91 Å². The summed E-state index contributed by atoms with van der Waals surface area (Å²) in [5.74, 6) is -0.0206. The van der Waals surface area contributed by atoms with Crippen molar-refractivity contribution in [2.24, 2.45) is 0 Å². The zero-order valence-electron chi connectivity index (χ0n) is 14.6. The van der Waals surface area contributed by atoms with Gasteiger partial charge in [0.1, 0.15) is 16.3 Å². The first-order valence-corrected chi connectivity index (χ1v) is 8.55. The fraction of sp³-hybridized carbons (Fsp3) is 0.316. The molecule has 1 aromatic carbocycles. The molecule has 0 bridgehead atoms. The molecule has 0 radical (unpaired) electrons. The lowest BCUT2D eigenvalue weighted by Gasteiger charge is -2.21. The molecule has 0 fully saturated rings. The number of rotatable bonds is 4. The summed E-state index contributed by atoms with van der Waals surface area (Å²) in [6, 6.07) is 11.9. The molecule has 24 heavy (non-hydrogen) atoms. The topological polar surface area (TPSA) is 57.0 Å². The number of nitriles is 1. The predicted octanol–water partition coefficient (Wildman–Crippen LogP) is 3.80. The van der Waals surface area contributed by atoms with Crippen molar-refractivity contribution in [1.29, 1.82) is 5.26 Å². The second-order valence-electron chi connectivity index (χ2n) is 5.88. The van der Waals surface area contributed by atoms with Gasteiger partial charge in [0.15, 0.2) is 0 Å². The predicted molar refractivity (Wildman–Crippen MR) is 96.9 cm³/mol. The molecule has 2 aromatic rings. The van der Waals surface area contributed by atoms with Crippen molar-refractivity contribution in [2.75, 3.05) is 14.1 Å². The van der Waals surface area contributed by atoms with Crippen LogP contribution < -0.4 is 0 Å². The summed E-state index contributed by atoms with van der Waals surface area (Å²) in [6.07, 6.45) is 0. The number of carbonyl (C=O) groups is 1. The van der Waals surface area contributed by atoms with E-state index >= 15 is 0 Å². The zero-order valence-corrected chi connectivity index (χ0v) is 15.4. The first kappa shape index (κ1) is 18.0. The summed E-state index contributed by atoms with van der Waals surface area (Å²) in [4.78, 5) is 18.8. The van der Waals surface area contributed by atoms with Crippen molar-refractivity contribution in [1.82, 2.24) is 9.88 Å². The Hall–Kier alpha value is -2.32. The Bertz CT molecular complexity index is 794. The Morgan fingerprint density at radius 1 is 1.17 bits per heavy atom. The molecular formula is C19H21N3OS. The molecule has 124 valence electrons. The molecule has 0 spiro atoms. The summed E-state index contributed by atoms with van der Waals surface area (Å²) < 4.78 is 0. The van der Waals surface area contributed by atoms with Crippen molar-refractivity contribution in [2.45, 2.75) is 31.0 Å². The van der Waals surface area contributed by atoms with E-state index in [1.807, 2.05) is 51.1 Å². The maximum atomic E-state index is 12.7. The van der Waals surface area contributed by atoms with Crippen LogP contribution in [0.2, 0.25) is 0 Å². The molecular weight excluding hydrogens is 318 g/mol. The monoisotopic (exact) mass is 339 g/mol. The molecule has 0 saturated carbocycles. The van der Waals surface area contributed by atoms with Crippen molar-refractivity contribution in [3.05, 3.63) is 58.3 Å². The van der Waals surface area contributed by atoms with E-state index in [1.54, 1.807) is 19.0 Å². The lowest BCUT2D eigenvalue weighted by molar-refractivity contribution is -0.128. The normalized spacial score (nSPS) is 11.7. The van der Waals surface area contributed by atoms with Gasteiger partial charge >= 0.3 is 0 Å². The minimum absolute atomic E-state index is 0.0206. The van der Waals surface area contributed by atoms with Crippen LogP contribution in [0.15, 0.2) is 35.4 Å². The summed E-state index contributed by atoms with van der Waals surface area (Å²) in [7, 11) is 3.48. The van der Waals surface area contributed by atoms with Crippen LogP contribution >= 0.6 is 11.8 Å². The Labute approximate surface area is 147 Å². The highest BCUT2D eigenvalue weighted by Gasteiger charge is 2.26. The van der Waals surface area contributed by atoms with E-state index in [9.17, 15) is 10.1 Å². The molecule has 0 aliphatic carbocycles. The van der Waals surface area contributed by atoms with Gasteiger partial charge in [-0.1, -0.05) is 42.1 Å². The van der Waals surface area contributed by atoms with Crippen LogP contribution in [0.5, 0.6) is 0 Å². The van der Waals surface area contributed by atoms with Gasteiger partial charge in [-0.25, -0.2) is 4.98 Å². The van der Waals surface area contributed by atoms with Crippen molar-refractivity contribution >= 4 is 17.7 Å². The van der Waals surface area contributed by atoms with Gasteiger partial charge < -0.3 is 4.90 Å². The maximum absolute atomic E-state index is 12.7. The van der Waals surface area contributed by atoms with E-state index in [0.29, 0.717) is 10.6 Å². The van der Waals surface area contributed by atoms with Gasteiger partial charge in [-0.2, -0.15) is 5.26 Å². The number of likely N-dealkylation sites (N-methyl/N-ethyl adjacent to an activating group) is 1. The summed E-state index contributed by atoms with van der Waals surface area (Å²) in [5, 5.41) is 9.73. The summed E-state index contributed by atoms with van der Waals surface area (Å²) in [6.45, 7) is 5.82. The Kier molecular flexibility index (Phi) is 5.63. The third-order valence-electron chi connectivity index (χ3n) is 4.07. The number of thioether (sulfide) groups is 1. The molecule has 0 saturated heterocycles. The quantitative estimate of drug-likeness (QED) is 0.795. The van der Waals surface area contributed by atoms with Gasteiger partial charge in [-0.05, 0) is 37.5 Å². The number of aromatic nitrogens is 1. The fourth-order valence-electron chi connectivity index (χ4n) is 2.36. The standard InChI is InChI=1S/C19H21N3OS/c1-12-13(2)16(11-20)18(21-14(12)3)24-17(19(23)22(4)5)15-9-7-6-8-10-15/h6-10,17H,1-5H3. The van der Waals surface area contributed by atoms with Crippen molar-refractivity contribution in [3.8, 4) is 6.07 Å². The number of aryl methyl sites for hydroxylation is 1. The highest BCUT2D eigenvalue weighted by Crippen LogP contribution is 2.38. The average Bonchev–Trinajstić information content (AvgIpc) is 2.58. The number of carbonyl (C=O) groups excluding carboxylic acids is 1. The molecule has 0 aliphatic rings. The van der Waals surface area contributed by atoms with Crippen molar-refractivity contribution < 1.29 is 4.79 Å². The van der Waals surface area contributed by atoms with Crippen LogP contribution in [-0.2, 0) is 4.79 Å². The van der Waals surface area contributed by atoms with Crippen LogP contribution in [0.4, 0.5) is 0 Å². The highest BCUT2D eigenvalue weighted by atomic mass is 32.2. The molecule has 1 unspecified atom stereocenters. The number of benzene rings is 1. The number of nitrogens with zero attached hydrogens (tertiary/aromatic N) is 3. The molecule has 1 heterocycles. The lowest BCUT2D eigenvalue weighted by atomic mass is 10.1. The van der Waals surface area contributed by atoms with E-state index in [2.05, 4.69) is 11.1 Å². The van der Waals surface area contributed by atoms with Gasteiger partial charge in [0.25, 0.3) is 0 Å². The molecule has 5 heteroatoms. The minimum atomic E-state index is -0.428. The van der Waals surface area contributed by atoms with Crippen LogP contribution in [-0.4, -0.2) is 29.9 Å². The second-order valence-corrected chi connectivity index (χ2v) is 6.97. The smallest absolute Gasteiger partial charge is 0.240 e. The third-order valence-corrected chi connectivity index (χ3v) is 5.30. The number of hydrogen-bond acceptors (Lipinski definition) is 4. The highest BCUT2D eigenvalue weighted by molar-refractivity contribution is 8.00. The van der Waals surface area contributed by atoms with Gasteiger partial charge in [0.2, 0.25) is 5.91 Å². The van der Waals surface area contributed by atoms with Crippen LogP contribution in [0.3, 0.4) is 0 Å². The van der Waals surface area contributed by atoms with E-state index in [4.69, 9.17) is 0 Å².